The molecule has 0 unspecified atom stereocenters. The number of aromatic nitrogens is 2. The van der Waals surface area contributed by atoms with Crippen LogP contribution in [0.3, 0.4) is 0 Å². The lowest BCUT2D eigenvalue weighted by atomic mass is 10.5. The lowest BCUT2D eigenvalue weighted by Gasteiger charge is -2.01. The van der Waals surface area contributed by atoms with Gasteiger partial charge in [-0.05, 0) is 22.9 Å². The minimum absolute atomic E-state index is 0.237. The Morgan fingerprint density at radius 3 is 3.00 bits per heavy atom. The Morgan fingerprint density at radius 2 is 2.38 bits per heavy atom. The van der Waals surface area contributed by atoms with E-state index >= 15 is 0 Å². The molecule has 0 spiro atoms. The van der Waals surface area contributed by atoms with Crippen molar-refractivity contribution in [1.29, 1.82) is 0 Å². The number of nitrogen functional groups attached to an aromatic ring is 1. The summed E-state index contributed by atoms with van der Waals surface area (Å²) >= 11 is 3.21. The van der Waals surface area contributed by atoms with E-state index in [0.717, 1.165) is 0 Å². The van der Waals surface area contributed by atoms with Crippen LogP contribution in [0.15, 0.2) is 10.7 Å². The Kier molecular flexibility index (Phi) is 3.53. The van der Waals surface area contributed by atoms with Gasteiger partial charge in [0.05, 0.1) is 6.54 Å². The van der Waals surface area contributed by atoms with Crippen molar-refractivity contribution in [2.45, 2.75) is 6.92 Å². The number of hydrogen-bond acceptors (Lipinski definition) is 4. The summed E-state index contributed by atoms with van der Waals surface area (Å²) in [6.07, 6.45) is 0. The largest absolute Gasteiger partial charge is 0.368 e. The maximum Gasteiger partial charge on any atom is 0.223 e. The second-order valence-electron chi connectivity index (χ2n) is 2.21. The Bertz CT molecular complexity index is 333. The second-order valence-corrected chi connectivity index (χ2v) is 3.03. The van der Waals surface area contributed by atoms with Crippen molar-refractivity contribution in [3.63, 3.8) is 0 Å². The highest BCUT2D eigenvalue weighted by atomic mass is 79.9. The summed E-state index contributed by atoms with van der Waals surface area (Å²) in [7, 11) is 0. The molecule has 0 amide bonds. The van der Waals surface area contributed by atoms with Crippen LogP contribution < -0.4 is 11.1 Å². The Hall–Kier alpha value is -1.28. The fourth-order valence-electron chi connectivity index (χ4n) is 0.749. The third-order valence-corrected chi connectivity index (χ3v) is 1.65. The van der Waals surface area contributed by atoms with Gasteiger partial charge < -0.3 is 11.1 Å². The predicted octanol–water partition coefficient (Wildman–Crippen LogP) is 1.26. The summed E-state index contributed by atoms with van der Waals surface area (Å²) < 4.78 is 0.659. The summed E-state index contributed by atoms with van der Waals surface area (Å²) in [4.78, 5) is 7.83. The van der Waals surface area contributed by atoms with Crippen molar-refractivity contribution in [2.24, 2.45) is 0 Å². The lowest BCUT2D eigenvalue weighted by molar-refractivity contribution is 1.14. The van der Waals surface area contributed by atoms with Crippen LogP contribution >= 0.6 is 15.9 Å². The molecule has 68 valence electrons. The zero-order chi connectivity index (χ0) is 9.68. The SMILES string of the molecule is CC#CCNc1cc(Br)nc(N)n1. The van der Waals surface area contributed by atoms with Crippen LogP contribution in [0.4, 0.5) is 11.8 Å². The Balaban J connectivity index is 2.69. The number of nitrogens with one attached hydrogen (secondary N) is 1. The molecular weight excluding hydrogens is 232 g/mol. The van der Waals surface area contributed by atoms with Crippen LogP contribution in [0.5, 0.6) is 0 Å². The lowest BCUT2D eigenvalue weighted by Crippen LogP contribution is -2.04. The summed E-state index contributed by atoms with van der Waals surface area (Å²) in [5.41, 5.74) is 5.44. The molecule has 13 heavy (non-hydrogen) atoms. The van der Waals surface area contributed by atoms with Crippen LogP contribution in [0.1, 0.15) is 6.92 Å². The zero-order valence-electron chi connectivity index (χ0n) is 7.13. The van der Waals surface area contributed by atoms with Gasteiger partial charge in [0.25, 0.3) is 0 Å². The van der Waals surface area contributed by atoms with E-state index in [1.807, 2.05) is 0 Å². The average Bonchev–Trinajstić information content (AvgIpc) is 2.03. The van der Waals surface area contributed by atoms with Gasteiger partial charge in [-0.1, -0.05) is 5.92 Å². The summed E-state index contributed by atoms with van der Waals surface area (Å²) in [6.45, 7) is 2.34. The first-order chi connectivity index (χ1) is 6.22. The molecule has 1 aromatic rings. The molecule has 0 radical (unpaired) electrons. The van der Waals surface area contributed by atoms with Crippen molar-refractivity contribution < 1.29 is 0 Å². The molecular formula is C8H9BrN4. The molecule has 0 aromatic carbocycles. The van der Waals surface area contributed by atoms with E-state index in [4.69, 9.17) is 5.73 Å². The number of anilines is 2. The van der Waals surface area contributed by atoms with Crippen molar-refractivity contribution in [3.8, 4) is 11.8 Å². The minimum atomic E-state index is 0.237. The minimum Gasteiger partial charge on any atom is -0.368 e. The zero-order valence-corrected chi connectivity index (χ0v) is 8.72. The summed E-state index contributed by atoms with van der Waals surface area (Å²) in [5.74, 6) is 6.53. The number of rotatable bonds is 2. The van der Waals surface area contributed by atoms with E-state index in [9.17, 15) is 0 Å². The van der Waals surface area contributed by atoms with Crippen molar-refractivity contribution in [1.82, 2.24) is 9.97 Å². The van der Waals surface area contributed by atoms with Gasteiger partial charge in [-0.3, -0.25) is 0 Å². The molecule has 0 bridgehead atoms. The standard InChI is InChI=1S/C8H9BrN4/c1-2-3-4-11-7-5-6(9)12-8(10)13-7/h5H,4H2,1H3,(H3,10,11,12,13). The van der Waals surface area contributed by atoms with Crippen molar-refractivity contribution >= 4 is 27.7 Å². The fourth-order valence-corrected chi connectivity index (χ4v) is 1.15. The molecule has 1 heterocycles. The molecule has 0 saturated carbocycles. The van der Waals surface area contributed by atoms with Gasteiger partial charge in [-0.2, -0.15) is 4.98 Å². The molecule has 1 rings (SSSR count). The van der Waals surface area contributed by atoms with Gasteiger partial charge >= 0.3 is 0 Å². The van der Waals surface area contributed by atoms with E-state index in [-0.39, 0.29) is 5.95 Å². The van der Waals surface area contributed by atoms with Crippen LogP contribution in [0.25, 0.3) is 0 Å². The Morgan fingerprint density at radius 1 is 1.62 bits per heavy atom. The highest BCUT2D eigenvalue weighted by Crippen LogP contribution is 2.12. The first-order valence-corrected chi connectivity index (χ1v) is 4.45. The predicted molar refractivity (Wildman–Crippen MR) is 56.1 cm³/mol. The number of halogens is 1. The molecule has 0 atom stereocenters. The van der Waals surface area contributed by atoms with Gasteiger partial charge in [0.1, 0.15) is 10.4 Å². The van der Waals surface area contributed by atoms with E-state index in [1.165, 1.54) is 0 Å². The quantitative estimate of drug-likeness (QED) is 0.604. The van der Waals surface area contributed by atoms with E-state index in [2.05, 4.69) is 43.1 Å². The molecule has 5 heteroatoms. The van der Waals surface area contributed by atoms with Gasteiger partial charge in [0, 0.05) is 6.07 Å². The number of nitrogens with zero attached hydrogens (tertiary/aromatic N) is 2. The van der Waals surface area contributed by atoms with Crippen LogP contribution in [0.2, 0.25) is 0 Å². The molecule has 0 fully saturated rings. The molecule has 0 aliphatic rings. The third-order valence-electron chi connectivity index (χ3n) is 1.25. The average molecular weight is 241 g/mol. The Labute approximate surface area is 85.1 Å². The van der Waals surface area contributed by atoms with Crippen LogP contribution in [0, 0.1) is 11.8 Å². The highest BCUT2D eigenvalue weighted by molar-refractivity contribution is 9.10. The monoisotopic (exact) mass is 240 g/mol. The number of hydrogen-bond donors (Lipinski definition) is 2. The first-order valence-electron chi connectivity index (χ1n) is 3.66. The van der Waals surface area contributed by atoms with Crippen LogP contribution in [-0.4, -0.2) is 16.5 Å². The van der Waals surface area contributed by atoms with E-state index in [0.29, 0.717) is 17.0 Å². The van der Waals surface area contributed by atoms with Gasteiger partial charge in [0.2, 0.25) is 5.95 Å². The van der Waals surface area contributed by atoms with Gasteiger partial charge in [0.15, 0.2) is 0 Å². The normalized spacial score (nSPS) is 8.77. The first kappa shape index (κ1) is 9.81. The molecule has 1 aromatic heterocycles. The van der Waals surface area contributed by atoms with Crippen molar-refractivity contribution in [2.75, 3.05) is 17.6 Å². The third kappa shape index (κ3) is 3.30. The smallest absolute Gasteiger partial charge is 0.223 e. The van der Waals surface area contributed by atoms with Gasteiger partial charge in [-0.25, -0.2) is 4.98 Å². The molecule has 4 nitrogen and oxygen atoms in total. The topological polar surface area (TPSA) is 63.8 Å². The number of nitrogens with two attached hydrogens (primary N) is 1. The maximum absolute atomic E-state index is 5.44. The van der Waals surface area contributed by atoms with Gasteiger partial charge in [-0.15, -0.1) is 5.92 Å². The molecule has 0 aliphatic heterocycles. The maximum atomic E-state index is 5.44. The fraction of sp³-hybridized carbons (Fsp3) is 0.250. The molecule has 3 N–H and O–H groups in total. The molecule has 0 saturated heterocycles. The second kappa shape index (κ2) is 4.67. The van der Waals surface area contributed by atoms with E-state index in [1.54, 1.807) is 13.0 Å². The molecule has 0 aliphatic carbocycles. The van der Waals surface area contributed by atoms with Crippen LogP contribution in [-0.2, 0) is 0 Å². The summed E-state index contributed by atoms with van der Waals surface area (Å²) in [6, 6.07) is 1.74. The van der Waals surface area contributed by atoms with Crippen molar-refractivity contribution in [3.05, 3.63) is 10.7 Å². The summed E-state index contributed by atoms with van der Waals surface area (Å²) in [5, 5.41) is 2.99. The highest BCUT2D eigenvalue weighted by Gasteiger charge is 1.97. The van der Waals surface area contributed by atoms with E-state index < -0.39 is 0 Å².